The first-order chi connectivity index (χ1) is 13.9. The van der Waals surface area contributed by atoms with Crippen molar-refractivity contribution in [2.45, 2.75) is 30.5 Å². The number of amides is 1. The Kier molecular flexibility index (Phi) is 7.45. The zero-order chi connectivity index (χ0) is 20.9. The van der Waals surface area contributed by atoms with Crippen LogP contribution >= 0.6 is 11.3 Å². The van der Waals surface area contributed by atoms with Gasteiger partial charge in [0.2, 0.25) is 5.91 Å². The lowest BCUT2D eigenvalue weighted by Gasteiger charge is -2.31. The molecule has 0 radical (unpaired) electrons. The fourth-order valence-electron chi connectivity index (χ4n) is 3.54. The quantitative estimate of drug-likeness (QED) is 0.692. The van der Waals surface area contributed by atoms with Crippen LogP contribution in [-0.4, -0.2) is 56.8 Å². The number of hydrogen-bond acceptors (Lipinski definition) is 5. The molecule has 3 rings (SSSR count). The van der Waals surface area contributed by atoms with E-state index in [1.807, 2.05) is 38.2 Å². The van der Waals surface area contributed by atoms with Crippen LogP contribution in [0, 0.1) is 12.8 Å². The average molecular weight is 436 g/mol. The number of rotatable bonds is 8. The van der Waals surface area contributed by atoms with Gasteiger partial charge in [-0.25, -0.2) is 8.42 Å². The van der Waals surface area contributed by atoms with Crippen molar-refractivity contribution in [3.8, 4) is 0 Å². The molecule has 1 atom stereocenters. The van der Waals surface area contributed by atoms with Crippen LogP contribution in [0.4, 0.5) is 0 Å². The molecule has 0 saturated carbocycles. The van der Waals surface area contributed by atoms with Gasteiger partial charge in [-0.1, -0.05) is 30.3 Å². The molecule has 1 aromatic heterocycles. The van der Waals surface area contributed by atoms with Gasteiger partial charge in [0.1, 0.15) is 4.21 Å². The number of hydrogen-bond donors (Lipinski definition) is 1. The summed E-state index contributed by atoms with van der Waals surface area (Å²) in [5.74, 6) is -0.348. The van der Waals surface area contributed by atoms with Crippen molar-refractivity contribution in [2.75, 3.05) is 33.2 Å². The van der Waals surface area contributed by atoms with Crippen LogP contribution in [-0.2, 0) is 21.4 Å². The molecule has 2 aromatic rings. The molecule has 8 heteroatoms. The predicted molar refractivity (Wildman–Crippen MR) is 116 cm³/mol. The number of aryl methyl sites for hydroxylation is 1. The second-order valence-electron chi connectivity index (χ2n) is 7.58. The third-order valence-electron chi connectivity index (χ3n) is 5.15. The molecule has 29 heavy (non-hydrogen) atoms. The van der Waals surface area contributed by atoms with Gasteiger partial charge in [-0.2, -0.15) is 4.31 Å². The molecule has 1 aliphatic rings. The smallest absolute Gasteiger partial charge is 0.252 e. The summed E-state index contributed by atoms with van der Waals surface area (Å²) in [7, 11) is -1.49. The molecular formula is C21H29N3O3S2. The Hall–Kier alpha value is -1.74. The number of carbonyl (C=O) groups is 1. The molecule has 1 fully saturated rings. The number of carbonyl (C=O) groups excluding carboxylic acids is 1. The number of likely N-dealkylation sites (N-methyl/N-ethyl adjacent to an activating group) is 1. The van der Waals surface area contributed by atoms with Gasteiger partial charge in [-0.3, -0.25) is 4.79 Å². The summed E-state index contributed by atoms with van der Waals surface area (Å²) in [6.07, 6.45) is 1.43. The first-order valence-corrected chi connectivity index (χ1v) is 12.2. The molecular weight excluding hydrogens is 406 g/mol. The summed E-state index contributed by atoms with van der Waals surface area (Å²) in [6.45, 7) is 4.74. The van der Waals surface area contributed by atoms with E-state index in [-0.39, 0.29) is 18.4 Å². The molecule has 1 aromatic carbocycles. The Labute approximate surface area is 177 Å². The molecule has 1 saturated heterocycles. The highest BCUT2D eigenvalue weighted by molar-refractivity contribution is 7.91. The number of sulfonamides is 1. The van der Waals surface area contributed by atoms with Crippen molar-refractivity contribution in [3.63, 3.8) is 0 Å². The van der Waals surface area contributed by atoms with Crippen molar-refractivity contribution in [2.24, 2.45) is 5.92 Å². The largest absolute Gasteiger partial charge is 0.355 e. The van der Waals surface area contributed by atoms with Crippen molar-refractivity contribution >= 4 is 27.3 Å². The Bertz CT molecular complexity index is 912. The summed E-state index contributed by atoms with van der Waals surface area (Å²) >= 11 is 1.28. The van der Waals surface area contributed by atoms with Gasteiger partial charge in [0.05, 0.1) is 5.92 Å². The van der Waals surface area contributed by atoms with Crippen LogP contribution in [0.25, 0.3) is 0 Å². The Morgan fingerprint density at radius 1 is 1.24 bits per heavy atom. The topological polar surface area (TPSA) is 69.7 Å². The highest BCUT2D eigenvalue weighted by Crippen LogP contribution is 2.28. The minimum atomic E-state index is -3.51. The van der Waals surface area contributed by atoms with E-state index in [1.165, 1.54) is 21.2 Å². The molecule has 0 aliphatic carbocycles. The molecule has 158 valence electrons. The third kappa shape index (κ3) is 5.88. The number of piperidine rings is 1. The van der Waals surface area contributed by atoms with E-state index >= 15 is 0 Å². The Morgan fingerprint density at radius 2 is 2.00 bits per heavy atom. The lowest BCUT2D eigenvalue weighted by molar-refractivity contribution is -0.126. The van der Waals surface area contributed by atoms with Crippen molar-refractivity contribution in [1.29, 1.82) is 0 Å². The van der Waals surface area contributed by atoms with E-state index in [9.17, 15) is 13.2 Å². The number of nitrogens with zero attached hydrogens (tertiary/aromatic N) is 2. The van der Waals surface area contributed by atoms with Crippen LogP contribution in [0.1, 0.15) is 23.3 Å². The number of benzene rings is 1. The minimum Gasteiger partial charge on any atom is -0.355 e. The second kappa shape index (κ2) is 9.84. The molecule has 1 unspecified atom stereocenters. The fraction of sp³-hybridized carbons (Fsp3) is 0.476. The van der Waals surface area contributed by atoms with E-state index in [0.29, 0.717) is 23.7 Å². The van der Waals surface area contributed by atoms with Crippen molar-refractivity contribution in [3.05, 3.63) is 52.9 Å². The lowest BCUT2D eigenvalue weighted by atomic mass is 9.99. The average Bonchev–Trinajstić information content (AvgIpc) is 3.16. The normalized spacial score (nSPS) is 18.1. The molecule has 6 nitrogen and oxygen atoms in total. The van der Waals surface area contributed by atoms with E-state index < -0.39 is 10.0 Å². The van der Waals surface area contributed by atoms with Gasteiger partial charge in [0.25, 0.3) is 10.0 Å². The fourth-order valence-corrected chi connectivity index (χ4v) is 6.50. The van der Waals surface area contributed by atoms with E-state index in [1.54, 1.807) is 6.07 Å². The first-order valence-electron chi connectivity index (χ1n) is 9.93. The summed E-state index contributed by atoms with van der Waals surface area (Å²) in [5.41, 5.74) is 1.23. The van der Waals surface area contributed by atoms with Crippen LogP contribution in [0.15, 0.2) is 46.7 Å². The van der Waals surface area contributed by atoms with Crippen LogP contribution in [0.3, 0.4) is 0 Å². The SMILES string of the molecule is Cc1ccc(S(=O)(=O)N2CCCC(C(=O)NCCN(C)Cc3ccccc3)C2)s1. The van der Waals surface area contributed by atoms with Gasteiger partial charge in [0.15, 0.2) is 0 Å². The maximum atomic E-state index is 12.8. The van der Waals surface area contributed by atoms with Gasteiger partial charge in [-0.05, 0) is 44.5 Å². The van der Waals surface area contributed by atoms with Crippen molar-refractivity contribution < 1.29 is 13.2 Å². The van der Waals surface area contributed by atoms with Crippen LogP contribution in [0.2, 0.25) is 0 Å². The van der Waals surface area contributed by atoms with E-state index in [4.69, 9.17) is 0 Å². The highest BCUT2D eigenvalue weighted by atomic mass is 32.2. The first kappa shape index (κ1) is 22.0. The second-order valence-corrected chi connectivity index (χ2v) is 11.0. The van der Waals surface area contributed by atoms with Gasteiger partial charge in [-0.15, -0.1) is 11.3 Å². The third-order valence-corrected chi connectivity index (χ3v) is 8.49. The zero-order valence-electron chi connectivity index (χ0n) is 17.0. The summed E-state index contributed by atoms with van der Waals surface area (Å²) in [6, 6.07) is 13.7. The number of nitrogens with one attached hydrogen (secondary N) is 1. The van der Waals surface area contributed by atoms with Gasteiger partial charge >= 0.3 is 0 Å². The standard InChI is InChI=1S/C21H29N3O3S2/c1-17-10-11-20(28-17)29(26,27)24-13-6-9-19(16-24)21(25)22-12-14-23(2)15-18-7-4-3-5-8-18/h3-5,7-8,10-11,19H,6,9,12-16H2,1-2H3,(H,22,25). The summed E-state index contributed by atoms with van der Waals surface area (Å²) in [4.78, 5) is 15.7. The lowest BCUT2D eigenvalue weighted by Crippen LogP contribution is -2.46. The predicted octanol–water partition coefficient (Wildman–Crippen LogP) is 2.71. The molecule has 1 N–H and O–H groups in total. The minimum absolute atomic E-state index is 0.0552. The molecule has 2 heterocycles. The van der Waals surface area contributed by atoms with Gasteiger partial charge in [0, 0.05) is 37.6 Å². The maximum absolute atomic E-state index is 12.8. The van der Waals surface area contributed by atoms with Crippen LogP contribution < -0.4 is 5.32 Å². The van der Waals surface area contributed by atoms with E-state index in [2.05, 4.69) is 22.3 Å². The zero-order valence-corrected chi connectivity index (χ0v) is 18.6. The van der Waals surface area contributed by atoms with E-state index in [0.717, 1.165) is 24.4 Å². The molecule has 1 amide bonds. The molecule has 0 bridgehead atoms. The monoisotopic (exact) mass is 435 g/mol. The maximum Gasteiger partial charge on any atom is 0.252 e. The number of thiophene rings is 1. The summed E-state index contributed by atoms with van der Waals surface area (Å²) in [5, 5.41) is 2.99. The Balaban J connectivity index is 1.48. The van der Waals surface area contributed by atoms with Crippen molar-refractivity contribution in [1.82, 2.24) is 14.5 Å². The van der Waals surface area contributed by atoms with Gasteiger partial charge < -0.3 is 10.2 Å². The Morgan fingerprint density at radius 3 is 2.69 bits per heavy atom. The summed E-state index contributed by atoms with van der Waals surface area (Å²) < 4.78 is 27.5. The molecule has 1 aliphatic heterocycles. The molecule has 0 spiro atoms. The highest BCUT2D eigenvalue weighted by Gasteiger charge is 2.33. The van der Waals surface area contributed by atoms with Crippen LogP contribution in [0.5, 0.6) is 0 Å².